The van der Waals surface area contributed by atoms with Gasteiger partial charge in [0.2, 0.25) is 0 Å². The second-order valence-corrected chi connectivity index (χ2v) is 2.80. The van der Waals surface area contributed by atoms with Gasteiger partial charge in [-0.3, -0.25) is 0 Å². The third-order valence-corrected chi connectivity index (χ3v) is 1.65. The van der Waals surface area contributed by atoms with Gasteiger partial charge in [-0.05, 0) is 19.1 Å². The fourth-order valence-electron chi connectivity index (χ4n) is 1.03. The summed E-state index contributed by atoms with van der Waals surface area (Å²) in [5.74, 6) is -4.93. The first-order valence-corrected chi connectivity index (χ1v) is 4.23. The average molecular weight is 203 g/mol. The molecular weight excluding hydrogens is 192 g/mol. The SMILES string of the molecule is CCOC(=O)C(F)(F)Cc1ccc[nH]1. The van der Waals surface area contributed by atoms with Gasteiger partial charge in [0, 0.05) is 11.9 Å². The zero-order valence-corrected chi connectivity index (χ0v) is 7.72. The number of aromatic amines is 1. The maximum absolute atomic E-state index is 13.1. The maximum atomic E-state index is 13.1. The Labute approximate surface area is 80.1 Å². The predicted octanol–water partition coefficient (Wildman–Crippen LogP) is 1.76. The fraction of sp³-hybridized carbons (Fsp3) is 0.444. The van der Waals surface area contributed by atoms with Crippen LogP contribution in [0.1, 0.15) is 12.6 Å². The number of halogens is 2. The summed E-state index contributed by atoms with van der Waals surface area (Å²) >= 11 is 0. The Morgan fingerprint density at radius 3 is 2.86 bits per heavy atom. The molecule has 0 spiro atoms. The van der Waals surface area contributed by atoms with Crippen molar-refractivity contribution in [2.75, 3.05) is 6.61 Å². The van der Waals surface area contributed by atoms with Gasteiger partial charge in [0.15, 0.2) is 0 Å². The van der Waals surface area contributed by atoms with Crippen LogP contribution in [-0.2, 0) is 16.0 Å². The lowest BCUT2D eigenvalue weighted by molar-refractivity contribution is -0.171. The van der Waals surface area contributed by atoms with Crippen molar-refractivity contribution >= 4 is 5.97 Å². The average Bonchev–Trinajstić information content (AvgIpc) is 2.56. The van der Waals surface area contributed by atoms with Crippen molar-refractivity contribution in [2.24, 2.45) is 0 Å². The monoisotopic (exact) mass is 203 g/mol. The molecule has 1 aromatic heterocycles. The van der Waals surface area contributed by atoms with E-state index in [1.807, 2.05) is 0 Å². The third-order valence-electron chi connectivity index (χ3n) is 1.65. The zero-order valence-electron chi connectivity index (χ0n) is 7.72. The number of hydrogen-bond acceptors (Lipinski definition) is 2. The van der Waals surface area contributed by atoms with Crippen LogP contribution in [0.5, 0.6) is 0 Å². The molecule has 0 unspecified atom stereocenters. The minimum atomic E-state index is -3.46. The van der Waals surface area contributed by atoms with Crippen LogP contribution in [0.25, 0.3) is 0 Å². The van der Waals surface area contributed by atoms with E-state index in [1.54, 1.807) is 6.07 Å². The maximum Gasteiger partial charge on any atom is 0.377 e. The highest BCUT2D eigenvalue weighted by atomic mass is 19.3. The molecule has 3 nitrogen and oxygen atoms in total. The molecule has 0 aliphatic heterocycles. The molecule has 1 heterocycles. The van der Waals surface area contributed by atoms with E-state index in [9.17, 15) is 13.6 Å². The van der Waals surface area contributed by atoms with E-state index in [4.69, 9.17) is 0 Å². The second-order valence-electron chi connectivity index (χ2n) is 2.80. The number of carbonyl (C=O) groups is 1. The molecule has 1 rings (SSSR count). The number of aromatic nitrogens is 1. The molecule has 0 atom stereocenters. The molecule has 0 bridgehead atoms. The molecule has 1 N–H and O–H groups in total. The van der Waals surface area contributed by atoms with Gasteiger partial charge in [-0.2, -0.15) is 8.78 Å². The van der Waals surface area contributed by atoms with Crippen LogP contribution in [-0.4, -0.2) is 23.5 Å². The summed E-state index contributed by atoms with van der Waals surface area (Å²) in [6, 6.07) is 3.09. The zero-order chi connectivity index (χ0) is 10.6. The lowest BCUT2D eigenvalue weighted by Gasteiger charge is -2.13. The minimum Gasteiger partial charge on any atom is -0.462 e. The van der Waals surface area contributed by atoms with E-state index < -0.39 is 18.3 Å². The Morgan fingerprint density at radius 2 is 2.36 bits per heavy atom. The first-order valence-electron chi connectivity index (χ1n) is 4.23. The van der Waals surface area contributed by atoms with Crippen LogP contribution in [0.2, 0.25) is 0 Å². The summed E-state index contributed by atoms with van der Waals surface area (Å²) in [5, 5.41) is 0. The molecule has 0 radical (unpaired) electrons. The Balaban J connectivity index is 2.61. The van der Waals surface area contributed by atoms with Crippen molar-refractivity contribution in [1.82, 2.24) is 4.98 Å². The second kappa shape index (κ2) is 4.21. The van der Waals surface area contributed by atoms with Gasteiger partial charge < -0.3 is 9.72 Å². The van der Waals surface area contributed by atoms with Crippen molar-refractivity contribution in [3.8, 4) is 0 Å². The summed E-state index contributed by atoms with van der Waals surface area (Å²) in [7, 11) is 0. The Kier molecular flexibility index (Phi) is 3.22. The van der Waals surface area contributed by atoms with Gasteiger partial charge in [0.05, 0.1) is 13.0 Å². The predicted molar refractivity (Wildman–Crippen MR) is 46.1 cm³/mol. The van der Waals surface area contributed by atoms with Crippen LogP contribution < -0.4 is 0 Å². The van der Waals surface area contributed by atoms with Gasteiger partial charge in [-0.1, -0.05) is 0 Å². The highest BCUT2D eigenvalue weighted by molar-refractivity contribution is 5.77. The lowest BCUT2D eigenvalue weighted by Crippen LogP contribution is -2.33. The van der Waals surface area contributed by atoms with E-state index in [-0.39, 0.29) is 6.61 Å². The molecule has 0 aliphatic carbocycles. The third kappa shape index (κ3) is 2.55. The summed E-state index contributed by atoms with van der Waals surface area (Å²) in [4.78, 5) is 13.4. The van der Waals surface area contributed by atoms with E-state index in [0.29, 0.717) is 5.69 Å². The molecule has 0 amide bonds. The summed E-state index contributed by atoms with van der Waals surface area (Å²) in [6.45, 7) is 1.45. The number of H-pyrrole nitrogens is 1. The van der Waals surface area contributed by atoms with Gasteiger partial charge in [0.25, 0.3) is 0 Å². The molecule has 0 aromatic carbocycles. The van der Waals surface area contributed by atoms with Crippen molar-refractivity contribution < 1.29 is 18.3 Å². The number of hydrogen-bond donors (Lipinski definition) is 1. The number of ether oxygens (including phenoxy) is 1. The van der Waals surface area contributed by atoms with Crippen molar-refractivity contribution in [3.63, 3.8) is 0 Å². The van der Waals surface area contributed by atoms with Crippen LogP contribution in [0, 0.1) is 0 Å². The Morgan fingerprint density at radius 1 is 1.64 bits per heavy atom. The van der Waals surface area contributed by atoms with E-state index >= 15 is 0 Å². The van der Waals surface area contributed by atoms with Crippen LogP contribution >= 0.6 is 0 Å². The number of esters is 1. The summed E-state index contributed by atoms with van der Waals surface area (Å²) in [6.07, 6.45) is 0.870. The normalized spacial score (nSPS) is 11.4. The highest BCUT2D eigenvalue weighted by Crippen LogP contribution is 2.20. The van der Waals surface area contributed by atoms with E-state index in [0.717, 1.165) is 0 Å². The van der Waals surface area contributed by atoms with E-state index in [1.165, 1.54) is 19.2 Å². The smallest absolute Gasteiger partial charge is 0.377 e. The van der Waals surface area contributed by atoms with Gasteiger partial charge >= 0.3 is 11.9 Å². The van der Waals surface area contributed by atoms with Crippen LogP contribution in [0.3, 0.4) is 0 Å². The quantitative estimate of drug-likeness (QED) is 0.757. The van der Waals surface area contributed by atoms with Crippen LogP contribution in [0.15, 0.2) is 18.3 Å². The molecular formula is C9H11F2NO2. The largest absolute Gasteiger partial charge is 0.462 e. The van der Waals surface area contributed by atoms with Crippen molar-refractivity contribution in [3.05, 3.63) is 24.0 Å². The number of alkyl halides is 2. The molecule has 0 saturated heterocycles. The lowest BCUT2D eigenvalue weighted by atomic mass is 10.2. The Bertz CT molecular complexity index is 296. The van der Waals surface area contributed by atoms with Crippen molar-refractivity contribution in [1.29, 1.82) is 0 Å². The first kappa shape index (κ1) is 10.7. The summed E-state index contributed by atoms with van der Waals surface area (Å²) < 4.78 is 30.4. The molecule has 0 fully saturated rings. The number of rotatable bonds is 4. The van der Waals surface area contributed by atoms with Gasteiger partial charge in [-0.15, -0.1) is 0 Å². The highest BCUT2D eigenvalue weighted by Gasteiger charge is 2.40. The molecule has 0 saturated carbocycles. The number of nitrogens with one attached hydrogen (secondary N) is 1. The molecule has 1 aromatic rings. The summed E-state index contributed by atoms with van der Waals surface area (Å²) in [5.41, 5.74) is 0.308. The van der Waals surface area contributed by atoms with E-state index in [2.05, 4.69) is 9.72 Å². The van der Waals surface area contributed by atoms with Gasteiger partial charge in [0.1, 0.15) is 0 Å². The topological polar surface area (TPSA) is 42.1 Å². The fourth-order valence-corrected chi connectivity index (χ4v) is 1.03. The minimum absolute atomic E-state index is 0.0425. The van der Waals surface area contributed by atoms with Crippen LogP contribution in [0.4, 0.5) is 8.78 Å². The standard InChI is InChI=1S/C9H11F2NO2/c1-2-14-8(13)9(10,11)6-7-4-3-5-12-7/h3-5,12H,2,6H2,1H3. The first-order chi connectivity index (χ1) is 6.56. The molecule has 5 heteroatoms. The van der Waals surface area contributed by atoms with Crippen molar-refractivity contribution in [2.45, 2.75) is 19.3 Å². The Hall–Kier alpha value is -1.39. The number of carbonyl (C=O) groups excluding carboxylic acids is 1. The molecule has 0 aliphatic rings. The molecule has 78 valence electrons. The van der Waals surface area contributed by atoms with Gasteiger partial charge in [-0.25, -0.2) is 4.79 Å². The molecule has 14 heavy (non-hydrogen) atoms.